The third-order valence-corrected chi connectivity index (χ3v) is 7.04. The zero-order valence-corrected chi connectivity index (χ0v) is 26.2. The molecular weight excluding hydrogens is 576 g/mol. The molecule has 0 spiro atoms. The number of Topliss-reactive ketones (excluding diaryl/α,β-unsaturated/α-hetero) is 1. The summed E-state index contributed by atoms with van der Waals surface area (Å²) in [5.74, 6) is -3.39. The highest BCUT2D eigenvalue weighted by atomic mass is 32.2. The zero-order valence-electron chi connectivity index (χ0n) is 24.6. The van der Waals surface area contributed by atoms with Crippen LogP contribution in [0.1, 0.15) is 61.8 Å². The van der Waals surface area contributed by atoms with Gasteiger partial charge in [0.2, 0.25) is 13.6 Å². The molecule has 0 heterocycles. The largest absolute Gasteiger partial charge is 0.427 e. The van der Waals surface area contributed by atoms with E-state index < -0.39 is 69.4 Å². The van der Waals surface area contributed by atoms with Crippen molar-refractivity contribution in [2.75, 3.05) is 19.3 Å². The van der Waals surface area contributed by atoms with Gasteiger partial charge in [0, 0.05) is 12.2 Å². The summed E-state index contributed by atoms with van der Waals surface area (Å²) >= 11 is 1.18. The van der Waals surface area contributed by atoms with E-state index in [1.165, 1.54) is 13.8 Å². The number of para-hydroxylation sites is 1. The number of carbonyl (C=O) groups is 6. The monoisotopic (exact) mass is 614 g/mol. The molecule has 0 aliphatic rings. The Hall–Kier alpha value is -3.06. The molecule has 0 saturated heterocycles. The van der Waals surface area contributed by atoms with Crippen molar-refractivity contribution in [1.82, 2.24) is 0 Å². The maximum absolute atomic E-state index is 13.2. The second-order valence-corrected chi connectivity index (χ2v) is 13.9. The normalized spacial score (nSPS) is 12.5. The van der Waals surface area contributed by atoms with E-state index in [1.807, 2.05) is 0 Å². The molecule has 0 saturated carbocycles. The van der Waals surface area contributed by atoms with Crippen molar-refractivity contribution in [3.63, 3.8) is 0 Å². The molecule has 0 fully saturated rings. The van der Waals surface area contributed by atoms with Crippen LogP contribution >= 0.6 is 23.5 Å². The van der Waals surface area contributed by atoms with Gasteiger partial charge in [-0.3, -0.25) is 19.2 Å². The van der Waals surface area contributed by atoms with Crippen LogP contribution in [0.15, 0.2) is 30.3 Å². The summed E-state index contributed by atoms with van der Waals surface area (Å²) < 4.78 is 23.7. The number of ketones is 1. The van der Waals surface area contributed by atoms with Crippen molar-refractivity contribution in [1.29, 1.82) is 0 Å². The Morgan fingerprint density at radius 2 is 1.20 bits per heavy atom. The molecule has 11 nitrogen and oxygen atoms in total. The Labute approximate surface area is 248 Å². The van der Waals surface area contributed by atoms with Crippen LogP contribution in [0.3, 0.4) is 0 Å². The van der Waals surface area contributed by atoms with Crippen molar-refractivity contribution in [2.45, 2.75) is 66.6 Å². The number of rotatable bonds is 12. The van der Waals surface area contributed by atoms with Gasteiger partial charge in [-0.05, 0) is 91.0 Å². The molecule has 0 N–H and O–H groups in total. The highest BCUT2D eigenvalue weighted by Crippen LogP contribution is 2.31. The highest BCUT2D eigenvalue weighted by molar-refractivity contribution is 8.15. The number of thioether (sulfide) groups is 2. The minimum Gasteiger partial charge on any atom is -0.427 e. The molecule has 1 rings (SSSR count). The molecular formula is C28H38O11S2. The van der Waals surface area contributed by atoms with Crippen LogP contribution in [-0.2, 0) is 38.1 Å². The van der Waals surface area contributed by atoms with Crippen LogP contribution in [0.25, 0.3) is 0 Å². The van der Waals surface area contributed by atoms with Gasteiger partial charge in [-0.2, -0.15) is 0 Å². The predicted octanol–water partition coefficient (Wildman–Crippen LogP) is 5.78. The van der Waals surface area contributed by atoms with Crippen molar-refractivity contribution in [3.8, 4) is 5.75 Å². The maximum atomic E-state index is 13.2. The van der Waals surface area contributed by atoms with Crippen LogP contribution in [0, 0.1) is 16.7 Å². The molecule has 13 heteroatoms. The lowest BCUT2D eigenvalue weighted by Gasteiger charge is -2.24. The third kappa shape index (κ3) is 13.9. The molecule has 0 radical (unpaired) electrons. The molecule has 0 aliphatic carbocycles. The fourth-order valence-electron chi connectivity index (χ4n) is 2.57. The molecule has 0 amide bonds. The molecule has 41 heavy (non-hydrogen) atoms. The minimum atomic E-state index is -1.33. The van der Waals surface area contributed by atoms with Crippen LogP contribution in [0.2, 0.25) is 0 Å². The molecule has 0 aliphatic heterocycles. The molecule has 0 aromatic heterocycles. The van der Waals surface area contributed by atoms with Gasteiger partial charge < -0.3 is 23.7 Å². The van der Waals surface area contributed by atoms with E-state index in [9.17, 15) is 28.8 Å². The van der Waals surface area contributed by atoms with Crippen molar-refractivity contribution in [3.05, 3.63) is 30.3 Å². The van der Waals surface area contributed by atoms with Gasteiger partial charge in [0.05, 0.1) is 21.5 Å². The molecule has 228 valence electrons. The summed E-state index contributed by atoms with van der Waals surface area (Å²) in [6, 6.07) is 8.18. The second kappa shape index (κ2) is 15.8. The zero-order chi connectivity index (χ0) is 31.4. The van der Waals surface area contributed by atoms with Crippen molar-refractivity contribution >= 4 is 57.8 Å². The van der Waals surface area contributed by atoms with E-state index in [0.717, 1.165) is 0 Å². The van der Waals surface area contributed by atoms with Gasteiger partial charge in [-0.25, -0.2) is 9.59 Å². The van der Waals surface area contributed by atoms with Crippen LogP contribution in [-0.4, -0.2) is 58.4 Å². The summed E-state index contributed by atoms with van der Waals surface area (Å²) in [6.45, 7) is 11.6. The maximum Gasteiger partial charge on any atom is 0.371 e. The number of ether oxygens (including phenoxy) is 5. The standard InChI is InChI=1S/C28H38O11S2/c1-26(2,3)22(31)35-16-37-24(33)40-15-18(21(30)39-19-12-10-9-11-13-19)14-20(29)28(7,8)41-25(34)38-17-36-23(32)27(4,5)6/h9-13,18H,14-17H2,1-8H3/t18-/m0/s1. The number of benzene rings is 1. The number of hydrogen-bond acceptors (Lipinski definition) is 13. The second-order valence-electron chi connectivity index (χ2n) is 11.4. The fourth-order valence-corrected chi connectivity index (χ4v) is 4.01. The molecule has 1 aromatic carbocycles. The highest BCUT2D eigenvalue weighted by Gasteiger charge is 2.36. The minimum absolute atomic E-state index is 0.183. The Morgan fingerprint density at radius 1 is 0.707 bits per heavy atom. The summed E-state index contributed by atoms with van der Waals surface area (Å²) in [5, 5.41) is -1.67. The Bertz CT molecular complexity index is 1090. The van der Waals surface area contributed by atoms with E-state index in [4.69, 9.17) is 23.7 Å². The van der Waals surface area contributed by atoms with E-state index in [-0.39, 0.29) is 17.9 Å². The molecule has 1 aromatic rings. The Morgan fingerprint density at radius 3 is 1.68 bits per heavy atom. The van der Waals surface area contributed by atoms with E-state index >= 15 is 0 Å². The van der Waals surface area contributed by atoms with Crippen molar-refractivity contribution < 1.29 is 52.5 Å². The first-order chi connectivity index (χ1) is 18.8. The van der Waals surface area contributed by atoms with Gasteiger partial charge in [-0.15, -0.1) is 0 Å². The Balaban J connectivity index is 2.80. The van der Waals surface area contributed by atoms with E-state index in [0.29, 0.717) is 23.5 Å². The summed E-state index contributed by atoms with van der Waals surface area (Å²) in [6.07, 6.45) is -0.364. The quantitative estimate of drug-likeness (QED) is 0.159. The first-order valence-electron chi connectivity index (χ1n) is 12.6. The third-order valence-electron chi connectivity index (χ3n) is 5.10. The van der Waals surface area contributed by atoms with Gasteiger partial charge in [-0.1, -0.05) is 18.2 Å². The average molecular weight is 615 g/mol. The topological polar surface area (TPSA) is 149 Å². The number of hydrogen-bond donors (Lipinski definition) is 0. The van der Waals surface area contributed by atoms with E-state index in [2.05, 4.69) is 0 Å². The van der Waals surface area contributed by atoms with Crippen LogP contribution in [0.4, 0.5) is 9.59 Å². The first-order valence-corrected chi connectivity index (χ1v) is 14.4. The number of esters is 3. The average Bonchev–Trinajstić information content (AvgIpc) is 2.85. The molecule has 0 unspecified atom stereocenters. The lowest BCUT2D eigenvalue weighted by atomic mass is 9.97. The predicted molar refractivity (Wildman–Crippen MR) is 153 cm³/mol. The fraction of sp³-hybridized carbons (Fsp3) is 0.571. The smallest absolute Gasteiger partial charge is 0.371 e. The number of carbonyl (C=O) groups excluding carboxylic acids is 6. The van der Waals surface area contributed by atoms with Gasteiger partial charge in [0.1, 0.15) is 11.5 Å². The lowest BCUT2D eigenvalue weighted by molar-refractivity contribution is -0.161. The van der Waals surface area contributed by atoms with Gasteiger partial charge >= 0.3 is 28.5 Å². The van der Waals surface area contributed by atoms with Crippen LogP contribution in [0.5, 0.6) is 5.75 Å². The van der Waals surface area contributed by atoms with Gasteiger partial charge in [0.25, 0.3) is 0 Å². The first kappa shape index (κ1) is 36.0. The van der Waals surface area contributed by atoms with Crippen molar-refractivity contribution in [2.24, 2.45) is 16.7 Å². The van der Waals surface area contributed by atoms with E-state index in [1.54, 1.807) is 71.9 Å². The summed E-state index contributed by atoms with van der Waals surface area (Å²) in [4.78, 5) is 74.2. The SMILES string of the molecule is CC(C)(C)C(=O)OCOC(=O)SC[C@H](CC(=O)C(C)(C)SC(=O)OCOC(=O)C(C)(C)C)C(=O)Oc1ccccc1. The van der Waals surface area contributed by atoms with Crippen LogP contribution < -0.4 is 4.74 Å². The Kier molecular flexibility index (Phi) is 13.9. The summed E-state index contributed by atoms with van der Waals surface area (Å²) in [5.41, 5.74) is -1.56. The van der Waals surface area contributed by atoms with Gasteiger partial charge in [0.15, 0.2) is 0 Å². The lowest BCUT2D eigenvalue weighted by Crippen LogP contribution is -2.35. The summed E-state index contributed by atoms with van der Waals surface area (Å²) in [7, 11) is 0. The molecule has 1 atom stereocenters. The molecule has 0 bridgehead atoms.